The van der Waals surface area contributed by atoms with Crippen molar-refractivity contribution in [1.82, 2.24) is 15.0 Å². The van der Waals surface area contributed by atoms with E-state index in [1.165, 1.54) is 6.07 Å². The van der Waals surface area contributed by atoms with Gasteiger partial charge in [0.25, 0.3) is 0 Å². The molecule has 2 N–H and O–H groups in total. The molecule has 0 atom stereocenters. The van der Waals surface area contributed by atoms with E-state index in [2.05, 4.69) is 15.0 Å². The highest BCUT2D eigenvalue weighted by atomic mass is 16.5. The second kappa shape index (κ2) is 5.40. The number of ether oxygens (including phenoxy) is 1. The van der Waals surface area contributed by atoms with Crippen LogP contribution in [-0.4, -0.2) is 33.3 Å². The number of unbranched alkanes of at least 4 members (excludes halogenated alkanes) is 1. The van der Waals surface area contributed by atoms with Crippen molar-refractivity contribution < 1.29 is 9.84 Å². The van der Waals surface area contributed by atoms with Crippen LogP contribution in [-0.2, 0) is 0 Å². The molecule has 0 aromatic carbocycles. The summed E-state index contributed by atoms with van der Waals surface area (Å²) in [6.07, 6.45) is 3.02. The Morgan fingerprint density at radius 2 is 2.24 bits per heavy atom. The quantitative estimate of drug-likeness (QED) is 0.735. The van der Waals surface area contributed by atoms with E-state index < -0.39 is 0 Å². The van der Waals surface area contributed by atoms with Crippen molar-refractivity contribution in [3.63, 3.8) is 0 Å². The lowest BCUT2D eigenvalue weighted by Gasteiger charge is -2.03. The smallest absolute Gasteiger partial charge is 0.318 e. The summed E-state index contributed by atoms with van der Waals surface area (Å²) in [5.41, 5.74) is 0.257. The molecule has 0 fully saturated rings. The lowest BCUT2D eigenvalue weighted by Crippen LogP contribution is -2.06. The van der Waals surface area contributed by atoms with Crippen molar-refractivity contribution in [2.24, 2.45) is 0 Å². The Balaban J connectivity index is 2.11. The topological polar surface area (TPSA) is 88.1 Å². The number of hydrogen-bond donors (Lipinski definition) is 2. The van der Waals surface area contributed by atoms with Crippen LogP contribution in [0, 0.1) is 0 Å². The molecule has 0 unspecified atom stereocenters. The normalized spacial score (nSPS) is 10.6. The van der Waals surface area contributed by atoms with Crippen molar-refractivity contribution in [2.45, 2.75) is 12.8 Å². The monoisotopic (exact) mass is 235 g/mol. The highest BCUT2D eigenvalue weighted by Crippen LogP contribution is 2.09. The Morgan fingerprint density at radius 1 is 1.35 bits per heavy atom. The molecule has 90 valence electrons. The van der Waals surface area contributed by atoms with E-state index in [9.17, 15) is 4.79 Å². The molecule has 0 aliphatic rings. The summed E-state index contributed by atoms with van der Waals surface area (Å²) in [5, 5.41) is 9.37. The average Bonchev–Trinajstić information content (AvgIpc) is 2.34. The van der Waals surface area contributed by atoms with Crippen molar-refractivity contribution in [3.05, 3.63) is 28.7 Å². The van der Waals surface area contributed by atoms with Crippen molar-refractivity contribution in [3.8, 4) is 6.01 Å². The first-order chi connectivity index (χ1) is 8.29. The Bertz CT molecular complexity index is 553. The molecule has 0 saturated heterocycles. The number of rotatable bonds is 5. The molecule has 6 nitrogen and oxygen atoms in total. The zero-order valence-electron chi connectivity index (χ0n) is 9.22. The van der Waals surface area contributed by atoms with Gasteiger partial charge in [-0.15, -0.1) is 0 Å². The third kappa shape index (κ3) is 3.01. The van der Waals surface area contributed by atoms with Crippen LogP contribution in [0.2, 0.25) is 0 Å². The Hall–Kier alpha value is -1.95. The maximum Gasteiger partial charge on any atom is 0.318 e. The number of aromatic amines is 1. The van der Waals surface area contributed by atoms with Gasteiger partial charge in [-0.1, -0.05) is 0 Å². The molecule has 2 aromatic rings. The predicted octanol–water partition coefficient (Wildman–Crippen LogP) is 0.469. The summed E-state index contributed by atoms with van der Waals surface area (Å²) >= 11 is 0. The Labute approximate surface area is 97.3 Å². The van der Waals surface area contributed by atoms with E-state index in [0.717, 1.165) is 11.8 Å². The third-order valence-corrected chi connectivity index (χ3v) is 2.23. The molecule has 0 aliphatic carbocycles. The summed E-state index contributed by atoms with van der Waals surface area (Å²) in [4.78, 5) is 21.8. The first-order valence-electron chi connectivity index (χ1n) is 5.39. The van der Waals surface area contributed by atoms with Gasteiger partial charge in [-0.25, -0.2) is 4.98 Å². The fourth-order valence-electron chi connectivity index (χ4n) is 1.37. The van der Waals surface area contributed by atoms with Gasteiger partial charge in [0.15, 0.2) is 0 Å². The SMILES string of the molecule is O=c1ccc2cnc(OCCCCO)nc2[nH]1. The number of aliphatic hydroxyl groups is 1. The number of hydrogen-bond acceptors (Lipinski definition) is 5. The number of nitrogens with one attached hydrogen (secondary N) is 1. The first-order valence-corrected chi connectivity index (χ1v) is 5.39. The molecule has 17 heavy (non-hydrogen) atoms. The highest BCUT2D eigenvalue weighted by Gasteiger charge is 2.01. The lowest BCUT2D eigenvalue weighted by atomic mass is 10.3. The van der Waals surface area contributed by atoms with Gasteiger partial charge in [0.05, 0.1) is 6.61 Å². The molecular formula is C11H13N3O3. The number of aromatic nitrogens is 3. The lowest BCUT2D eigenvalue weighted by molar-refractivity contribution is 0.244. The van der Waals surface area contributed by atoms with E-state index in [-0.39, 0.29) is 18.2 Å². The summed E-state index contributed by atoms with van der Waals surface area (Å²) in [6, 6.07) is 3.31. The van der Waals surface area contributed by atoms with Gasteiger partial charge in [0, 0.05) is 24.3 Å². The van der Waals surface area contributed by atoms with Crippen LogP contribution in [0.3, 0.4) is 0 Å². The molecule has 6 heteroatoms. The van der Waals surface area contributed by atoms with Crippen molar-refractivity contribution in [2.75, 3.05) is 13.2 Å². The average molecular weight is 235 g/mol. The predicted molar refractivity (Wildman–Crippen MR) is 62.0 cm³/mol. The second-order valence-corrected chi connectivity index (χ2v) is 3.56. The molecule has 0 aliphatic heterocycles. The Morgan fingerprint density at radius 3 is 3.06 bits per heavy atom. The number of H-pyrrole nitrogens is 1. The zero-order chi connectivity index (χ0) is 12.1. The fourth-order valence-corrected chi connectivity index (χ4v) is 1.37. The summed E-state index contributed by atoms with van der Waals surface area (Å²) in [7, 11) is 0. The first kappa shape index (κ1) is 11.5. The van der Waals surface area contributed by atoms with Crippen LogP contribution in [0.4, 0.5) is 0 Å². The van der Waals surface area contributed by atoms with Crippen LogP contribution in [0.5, 0.6) is 6.01 Å². The van der Waals surface area contributed by atoms with Crippen LogP contribution in [0.15, 0.2) is 23.1 Å². The summed E-state index contributed by atoms with van der Waals surface area (Å²) < 4.78 is 5.30. The molecule has 0 spiro atoms. The Kier molecular flexibility index (Phi) is 3.66. The van der Waals surface area contributed by atoms with E-state index in [4.69, 9.17) is 9.84 Å². The minimum atomic E-state index is -0.206. The van der Waals surface area contributed by atoms with Crippen LogP contribution >= 0.6 is 0 Å². The van der Waals surface area contributed by atoms with E-state index in [0.29, 0.717) is 18.7 Å². The van der Waals surface area contributed by atoms with Gasteiger partial charge in [0.1, 0.15) is 5.65 Å². The van der Waals surface area contributed by atoms with Crippen LogP contribution in [0.25, 0.3) is 11.0 Å². The number of fused-ring (bicyclic) bond motifs is 1. The van der Waals surface area contributed by atoms with Crippen LogP contribution in [0.1, 0.15) is 12.8 Å². The van der Waals surface area contributed by atoms with E-state index in [1.54, 1.807) is 12.3 Å². The van der Waals surface area contributed by atoms with Gasteiger partial charge in [-0.2, -0.15) is 4.98 Å². The maximum absolute atomic E-state index is 11.1. The van der Waals surface area contributed by atoms with Crippen molar-refractivity contribution >= 4 is 11.0 Å². The number of aliphatic hydroxyl groups excluding tert-OH is 1. The molecule has 2 rings (SSSR count). The zero-order valence-corrected chi connectivity index (χ0v) is 9.22. The minimum Gasteiger partial charge on any atom is -0.463 e. The molecular weight excluding hydrogens is 222 g/mol. The molecule has 0 radical (unpaired) electrons. The molecule has 0 bridgehead atoms. The summed E-state index contributed by atoms with van der Waals surface area (Å²) in [5.74, 6) is 0. The van der Waals surface area contributed by atoms with Gasteiger partial charge in [0.2, 0.25) is 5.56 Å². The summed E-state index contributed by atoms with van der Waals surface area (Å²) in [6.45, 7) is 0.596. The van der Waals surface area contributed by atoms with Gasteiger partial charge >= 0.3 is 6.01 Å². The molecule has 2 heterocycles. The standard InChI is InChI=1S/C11H13N3O3/c15-5-1-2-6-17-11-12-7-8-3-4-9(16)13-10(8)14-11/h3-4,7,15H,1-2,5-6H2,(H,12,13,14,16). The maximum atomic E-state index is 11.1. The van der Waals surface area contributed by atoms with Gasteiger partial charge in [-0.05, 0) is 18.9 Å². The number of pyridine rings is 1. The van der Waals surface area contributed by atoms with Gasteiger partial charge < -0.3 is 14.8 Å². The van der Waals surface area contributed by atoms with Crippen molar-refractivity contribution in [1.29, 1.82) is 0 Å². The molecule has 0 amide bonds. The second-order valence-electron chi connectivity index (χ2n) is 3.56. The number of nitrogens with zero attached hydrogens (tertiary/aromatic N) is 2. The third-order valence-electron chi connectivity index (χ3n) is 2.23. The largest absolute Gasteiger partial charge is 0.463 e. The molecule has 2 aromatic heterocycles. The molecule has 0 saturated carbocycles. The van der Waals surface area contributed by atoms with E-state index >= 15 is 0 Å². The van der Waals surface area contributed by atoms with Crippen LogP contribution < -0.4 is 10.3 Å². The highest BCUT2D eigenvalue weighted by molar-refractivity contribution is 5.73. The van der Waals surface area contributed by atoms with Gasteiger partial charge in [-0.3, -0.25) is 4.79 Å². The minimum absolute atomic E-state index is 0.148. The van der Waals surface area contributed by atoms with E-state index in [1.807, 2.05) is 0 Å². The fraction of sp³-hybridized carbons (Fsp3) is 0.364.